The molecule has 1 aromatic carbocycles. The Bertz CT molecular complexity index is 1020. The van der Waals surface area contributed by atoms with Crippen molar-refractivity contribution in [3.05, 3.63) is 68.0 Å². The van der Waals surface area contributed by atoms with E-state index in [9.17, 15) is 24.3 Å². The van der Waals surface area contributed by atoms with Crippen LogP contribution in [0.15, 0.2) is 39.9 Å². The SMILES string of the molecule is Cn1c(C(=O)N2CCCC(c3cccc(C(=O)O)c3)C2)cc(=O)n(C)c1=O. The van der Waals surface area contributed by atoms with Crippen molar-refractivity contribution < 1.29 is 14.7 Å². The standard InChI is InChI=1S/C19H21N3O5/c1-20-15(10-16(23)21(2)19(20)27)17(24)22-8-4-7-14(11-22)12-5-3-6-13(9-12)18(25)26/h3,5-6,9-10,14H,4,7-8,11H2,1-2H3,(H,25,26). The predicted molar refractivity (Wildman–Crippen MR) is 98.2 cm³/mol. The Labute approximate surface area is 155 Å². The number of nitrogens with zero attached hydrogens (tertiary/aromatic N) is 3. The second kappa shape index (κ2) is 7.22. The van der Waals surface area contributed by atoms with Gasteiger partial charge in [0.2, 0.25) is 0 Å². The highest BCUT2D eigenvalue weighted by atomic mass is 16.4. The summed E-state index contributed by atoms with van der Waals surface area (Å²) in [5.74, 6) is -1.35. The molecule has 142 valence electrons. The van der Waals surface area contributed by atoms with E-state index in [1.165, 1.54) is 30.8 Å². The Balaban J connectivity index is 1.88. The van der Waals surface area contributed by atoms with Crippen LogP contribution in [0.5, 0.6) is 0 Å². The first-order valence-corrected chi connectivity index (χ1v) is 8.69. The molecule has 2 heterocycles. The molecule has 0 spiro atoms. The second-order valence-electron chi connectivity index (χ2n) is 6.79. The van der Waals surface area contributed by atoms with Crippen LogP contribution in [0.3, 0.4) is 0 Å². The lowest BCUT2D eigenvalue weighted by Gasteiger charge is -2.33. The van der Waals surface area contributed by atoms with Crippen molar-refractivity contribution >= 4 is 11.9 Å². The molecule has 1 aliphatic rings. The number of carbonyl (C=O) groups is 2. The topological polar surface area (TPSA) is 102 Å². The van der Waals surface area contributed by atoms with Gasteiger partial charge in [-0.1, -0.05) is 12.1 Å². The first-order valence-electron chi connectivity index (χ1n) is 8.69. The van der Waals surface area contributed by atoms with Crippen molar-refractivity contribution in [3.8, 4) is 0 Å². The van der Waals surface area contributed by atoms with Gasteiger partial charge in [0.25, 0.3) is 11.5 Å². The Hall–Kier alpha value is -3.16. The van der Waals surface area contributed by atoms with Crippen molar-refractivity contribution in [2.24, 2.45) is 14.1 Å². The molecule has 0 aliphatic carbocycles. The highest BCUT2D eigenvalue weighted by molar-refractivity contribution is 5.92. The molecule has 0 radical (unpaired) electrons. The van der Waals surface area contributed by atoms with Crippen LogP contribution in [-0.2, 0) is 14.1 Å². The average Bonchev–Trinajstić information content (AvgIpc) is 2.68. The fourth-order valence-corrected chi connectivity index (χ4v) is 3.46. The molecule has 1 aliphatic heterocycles. The summed E-state index contributed by atoms with van der Waals surface area (Å²) >= 11 is 0. The summed E-state index contributed by atoms with van der Waals surface area (Å²) in [7, 11) is 2.83. The molecule has 1 aromatic heterocycles. The summed E-state index contributed by atoms with van der Waals surface area (Å²) < 4.78 is 2.13. The number of benzene rings is 1. The van der Waals surface area contributed by atoms with Gasteiger partial charge in [0.05, 0.1) is 5.56 Å². The van der Waals surface area contributed by atoms with Crippen LogP contribution < -0.4 is 11.2 Å². The quantitative estimate of drug-likeness (QED) is 0.860. The average molecular weight is 371 g/mol. The van der Waals surface area contributed by atoms with Gasteiger partial charge in [-0.2, -0.15) is 0 Å². The molecule has 0 saturated carbocycles. The summed E-state index contributed by atoms with van der Waals surface area (Å²) in [5, 5.41) is 9.17. The van der Waals surface area contributed by atoms with Crippen molar-refractivity contribution in [2.75, 3.05) is 13.1 Å². The van der Waals surface area contributed by atoms with E-state index < -0.39 is 17.2 Å². The normalized spacial score (nSPS) is 17.0. The van der Waals surface area contributed by atoms with Gasteiger partial charge in [0.1, 0.15) is 5.69 Å². The molecular weight excluding hydrogens is 350 g/mol. The van der Waals surface area contributed by atoms with Gasteiger partial charge in [-0.05, 0) is 30.5 Å². The minimum atomic E-state index is -0.990. The molecule has 1 N–H and O–H groups in total. The Morgan fingerprint density at radius 1 is 1.11 bits per heavy atom. The molecule has 2 aromatic rings. The maximum atomic E-state index is 12.9. The zero-order chi connectivity index (χ0) is 19.7. The van der Waals surface area contributed by atoms with Crippen LogP contribution in [0.4, 0.5) is 0 Å². The number of aromatic nitrogens is 2. The summed E-state index contributed by atoms with van der Waals surface area (Å²) in [6.07, 6.45) is 1.59. The van der Waals surface area contributed by atoms with E-state index in [0.29, 0.717) is 13.1 Å². The summed E-state index contributed by atoms with van der Waals surface area (Å²) in [6.45, 7) is 0.933. The molecule has 1 fully saturated rings. The van der Waals surface area contributed by atoms with Gasteiger partial charge in [-0.3, -0.25) is 18.7 Å². The summed E-state index contributed by atoms with van der Waals surface area (Å²) in [5.41, 5.74) is 0.0657. The Kier molecular flexibility index (Phi) is 4.98. The minimum Gasteiger partial charge on any atom is -0.478 e. The number of hydrogen-bond acceptors (Lipinski definition) is 4. The molecule has 1 unspecified atom stereocenters. The van der Waals surface area contributed by atoms with Crippen LogP contribution in [0.1, 0.15) is 45.2 Å². The zero-order valence-corrected chi connectivity index (χ0v) is 15.2. The van der Waals surface area contributed by atoms with E-state index in [1.54, 1.807) is 17.0 Å². The number of rotatable bonds is 3. The minimum absolute atomic E-state index is 0.00516. The number of carboxylic acid groups (broad SMARTS) is 1. The van der Waals surface area contributed by atoms with Gasteiger partial charge in [-0.25, -0.2) is 9.59 Å². The van der Waals surface area contributed by atoms with Crippen molar-refractivity contribution in [3.63, 3.8) is 0 Å². The number of carbonyl (C=O) groups excluding carboxylic acids is 1. The number of likely N-dealkylation sites (tertiary alicyclic amines) is 1. The van der Waals surface area contributed by atoms with Crippen molar-refractivity contribution in [2.45, 2.75) is 18.8 Å². The van der Waals surface area contributed by atoms with E-state index in [4.69, 9.17) is 0 Å². The van der Waals surface area contributed by atoms with Crippen LogP contribution in [-0.4, -0.2) is 44.1 Å². The molecule has 1 amide bonds. The van der Waals surface area contributed by atoms with Gasteiger partial charge in [-0.15, -0.1) is 0 Å². The van der Waals surface area contributed by atoms with E-state index >= 15 is 0 Å². The number of aromatic carboxylic acids is 1. The predicted octanol–water partition coefficient (Wildman–Crippen LogP) is 0.802. The summed E-state index contributed by atoms with van der Waals surface area (Å²) in [4.78, 5) is 49.7. The second-order valence-corrected chi connectivity index (χ2v) is 6.79. The van der Waals surface area contributed by atoms with Crippen molar-refractivity contribution in [1.29, 1.82) is 0 Å². The maximum absolute atomic E-state index is 12.9. The molecule has 3 rings (SSSR count). The number of amides is 1. The molecular formula is C19H21N3O5. The van der Waals surface area contributed by atoms with Crippen LogP contribution in [0.25, 0.3) is 0 Å². The van der Waals surface area contributed by atoms with Crippen LogP contribution >= 0.6 is 0 Å². The lowest BCUT2D eigenvalue weighted by Crippen LogP contribution is -2.44. The highest BCUT2D eigenvalue weighted by Gasteiger charge is 2.27. The third-order valence-corrected chi connectivity index (χ3v) is 5.06. The molecule has 1 saturated heterocycles. The fourth-order valence-electron chi connectivity index (χ4n) is 3.46. The summed E-state index contributed by atoms with van der Waals surface area (Å²) in [6, 6.07) is 7.91. The molecule has 8 heteroatoms. The van der Waals surface area contributed by atoms with E-state index in [-0.39, 0.29) is 23.1 Å². The lowest BCUT2D eigenvalue weighted by atomic mass is 9.89. The Morgan fingerprint density at radius 3 is 2.56 bits per heavy atom. The number of carboxylic acids is 1. The third-order valence-electron chi connectivity index (χ3n) is 5.06. The van der Waals surface area contributed by atoms with E-state index in [0.717, 1.165) is 23.0 Å². The van der Waals surface area contributed by atoms with E-state index in [2.05, 4.69) is 0 Å². The van der Waals surface area contributed by atoms with Gasteiger partial charge in [0, 0.05) is 39.2 Å². The van der Waals surface area contributed by atoms with Crippen molar-refractivity contribution in [1.82, 2.24) is 14.0 Å². The maximum Gasteiger partial charge on any atom is 0.335 e. The van der Waals surface area contributed by atoms with Crippen LogP contribution in [0, 0.1) is 0 Å². The zero-order valence-electron chi connectivity index (χ0n) is 15.2. The third kappa shape index (κ3) is 3.55. The first-order chi connectivity index (χ1) is 12.8. The molecule has 27 heavy (non-hydrogen) atoms. The number of piperidine rings is 1. The van der Waals surface area contributed by atoms with Gasteiger partial charge < -0.3 is 10.0 Å². The molecule has 8 nitrogen and oxygen atoms in total. The molecule has 1 atom stereocenters. The van der Waals surface area contributed by atoms with Crippen LogP contribution in [0.2, 0.25) is 0 Å². The highest BCUT2D eigenvalue weighted by Crippen LogP contribution is 2.28. The van der Waals surface area contributed by atoms with E-state index in [1.807, 2.05) is 6.07 Å². The largest absolute Gasteiger partial charge is 0.478 e. The van der Waals surface area contributed by atoms with Gasteiger partial charge >= 0.3 is 11.7 Å². The fraction of sp³-hybridized carbons (Fsp3) is 0.368. The lowest BCUT2D eigenvalue weighted by molar-refractivity contribution is 0.0682. The monoisotopic (exact) mass is 371 g/mol. The van der Waals surface area contributed by atoms with Gasteiger partial charge in [0.15, 0.2) is 0 Å². The first kappa shape index (κ1) is 18.6. The molecule has 0 bridgehead atoms. The number of hydrogen-bond donors (Lipinski definition) is 1. The smallest absolute Gasteiger partial charge is 0.335 e. The Morgan fingerprint density at radius 2 is 1.85 bits per heavy atom.